The minimum Gasteiger partial charge on any atom is -0.392 e. The standard InChI is InChI=1S/C31H54N2O6/c1-35-21-6-8-28-24(15-21)31(36-13-11-19-10-12-33-29(32)14-19)26(18-38-28)25-17-37-27-9-7-22(16-23(27)30(25)34)39-20-4-2-3-5-20/h19-31,33-34H,2-18,32H2,1H3/p+1/t19?,21?,22?,23?,24?,25-,26-,27?,28?,29?,30+,31-/m0/s1. The van der Waals surface area contributed by atoms with Gasteiger partial charge >= 0.3 is 0 Å². The Morgan fingerprint density at radius 3 is 2.28 bits per heavy atom. The van der Waals surface area contributed by atoms with Crippen LogP contribution in [0.4, 0.5) is 0 Å². The van der Waals surface area contributed by atoms with Crippen LogP contribution >= 0.6 is 0 Å². The SMILES string of the molecule is COC1CCC2OC[C@@H]([C@@H]3COC4CCC(OC5CCCC5)CC4[C@H]3O)[C@@H](OCCC3CC[NH2+]C(N)C3)C2C1. The highest BCUT2D eigenvalue weighted by Gasteiger charge is 2.52. The van der Waals surface area contributed by atoms with Crippen molar-refractivity contribution in [3.05, 3.63) is 0 Å². The molecule has 8 heteroatoms. The van der Waals surface area contributed by atoms with E-state index in [-0.39, 0.29) is 54.4 Å². The molecule has 0 radical (unpaired) electrons. The molecule has 5 N–H and O–H groups in total. The van der Waals surface area contributed by atoms with Gasteiger partial charge < -0.3 is 34.1 Å². The van der Waals surface area contributed by atoms with Crippen LogP contribution in [0, 0.1) is 29.6 Å². The Morgan fingerprint density at radius 2 is 1.51 bits per heavy atom. The Bertz CT molecular complexity index is 767. The normalized spacial score (nSPS) is 47.5. The molecule has 224 valence electrons. The summed E-state index contributed by atoms with van der Waals surface area (Å²) in [6, 6.07) is 0. The Kier molecular flexibility index (Phi) is 9.83. The summed E-state index contributed by atoms with van der Waals surface area (Å²) in [5.74, 6) is 1.25. The second-order valence-corrected chi connectivity index (χ2v) is 13.7. The first-order valence-corrected chi connectivity index (χ1v) is 16.4. The molecule has 0 aromatic heterocycles. The van der Waals surface area contributed by atoms with Gasteiger partial charge in [-0.25, -0.2) is 0 Å². The van der Waals surface area contributed by atoms with E-state index >= 15 is 0 Å². The third-order valence-electron chi connectivity index (χ3n) is 11.4. The average Bonchev–Trinajstić information content (AvgIpc) is 3.47. The molecule has 6 rings (SSSR count). The predicted molar refractivity (Wildman–Crippen MR) is 147 cm³/mol. The zero-order valence-electron chi connectivity index (χ0n) is 24.2. The zero-order chi connectivity index (χ0) is 26.8. The van der Waals surface area contributed by atoms with Crippen molar-refractivity contribution in [1.82, 2.24) is 0 Å². The van der Waals surface area contributed by atoms with Gasteiger partial charge in [-0.15, -0.1) is 0 Å². The molecule has 8 unspecified atom stereocenters. The van der Waals surface area contributed by atoms with E-state index in [0.717, 1.165) is 64.5 Å². The van der Waals surface area contributed by atoms with Crippen molar-refractivity contribution in [2.75, 3.05) is 33.5 Å². The van der Waals surface area contributed by atoms with Crippen LogP contribution in [0.15, 0.2) is 0 Å². The molecule has 3 saturated heterocycles. The van der Waals surface area contributed by atoms with Crippen LogP contribution < -0.4 is 11.1 Å². The highest BCUT2D eigenvalue weighted by atomic mass is 16.5. The summed E-state index contributed by atoms with van der Waals surface area (Å²) in [6.07, 6.45) is 15.5. The van der Waals surface area contributed by atoms with Gasteiger partial charge in [0.2, 0.25) is 0 Å². The number of aliphatic hydroxyl groups excluding tert-OH is 1. The fraction of sp³-hybridized carbons (Fsp3) is 1.00. The molecular formula is C31H55N2O6+. The molecule has 0 aromatic rings. The molecule has 0 amide bonds. The molecule has 6 fully saturated rings. The first kappa shape index (κ1) is 28.8. The molecule has 3 aliphatic heterocycles. The van der Waals surface area contributed by atoms with E-state index in [1.54, 1.807) is 0 Å². The molecule has 3 aliphatic carbocycles. The summed E-state index contributed by atoms with van der Waals surface area (Å²) in [5, 5.41) is 14.1. The predicted octanol–water partition coefficient (Wildman–Crippen LogP) is 2.35. The van der Waals surface area contributed by atoms with Gasteiger partial charge in [-0.3, -0.25) is 5.73 Å². The molecule has 3 heterocycles. The highest BCUT2D eigenvalue weighted by Crippen LogP contribution is 2.46. The van der Waals surface area contributed by atoms with Crippen molar-refractivity contribution < 1.29 is 34.1 Å². The molecule has 3 saturated carbocycles. The van der Waals surface area contributed by atoms with Gasteiger partial charge in [0.05, 0.1) is 62.5 Å². The van der Waals surface area contributed by atoms with Gasteiger partial charge in [0.1, 0.15) is 6.17 Å². The lowest BCUT2D eigenvalue weighted by atomic mass is 9.67. The summed E-state index contributed by atoms with van der Waals surface area (Å²) < 4.78 is 32.2. The fourth-order valence-corrected chi connectivity index (χ4v) is 9.10. The molecule has 0 bridgehead atoms. The number of fused-ring (bicyclic) bond motifs is 2. The smallest absolute Gasteiger partial charge is 0.137 e. The van der Waals surface area contributed by atoms with Crippen LogP contribution in [-0.4, -0.2) is 87.5 Å². The van der Waals surface area contributed by atoms with E-state index in [0.29, 0.717) is 31.2 Å². The lowest BCUT2D eigenvalue weighted by molar-refractivity contribution is -0.699. The average molecular weight is 552 g/mol. The number of ether oxygens (including phenoxy) is 5. The van der Waals surface area contributed by atoms with Gasteiger partial charge in [0.25, 0.3) is 0 Å². The van der Waals surface area contributed by atoms with E-state index < -0.39 is 6.10 Å². The first-order chi connectivity index (χ1) is 19.1. The van der Waals surface area contributed by atoms with Crippen LogP contribution in [0.2, 0.25) is 0 Å². The van der Waals surface area contributed by atoms with E-state index in [2.05, 4.69) is 5.32 Å². The van der Waals surface area contributed by atoms with Crippen LogP contribution in [0.3, 0.4) is 0 Å². The molecule has 8 nitrogen and oxygen atoms in total. The van der Waals surface area contributed by atoms with Crippen molar-refractivity contribution in [1.29, 1.82) is 0 Å². The lowest BCUT2D eigenvalue weighted by Gasteiger charge is -2.52. The van der Waals surface area contributed by atoms with Gasteiger partial charge in [0, 0.05) is 43.8 Å². The number of quaternary nitrogens is 1. The maximum absolute atomic E-state index is 11.9. The Labute approximate surface area is 235 Å². The quantitative estimate of drug-likeness (QED) is 0.425. The molecule has 0 spiro atoms. The molecule has 6 aliphatic rings. The minimum atomic E-state index is -0.399. The maximum Gasteiger partial charge on any atom is 0.137 e. The van der Waals surface area contributed by atoms with E-state index in [4.69, 9.17) is 29.4 Å². The summed E-state index contributed by atoms with van der Waals surface area (Å²) in [5.41, 5.74) is 6.22. The lowest BCUT2D eigenvalue weighted by Crippen LogP contribution is -2.94. The highest BCUT2D eigenvalue weighted by molar-refractivity contribution is 5.00. The van der Waals surface area contributed by atoms with Gasteiger partial charge in [-0.2, -0.15) is 0 Å². The Hall–Kier alpha value is -0.320. The maximum atomic E-state index is 11.9. The fourth-order valence-electron chi connectivity index (χ4n) is 9.10. The summed E-state index contributed by atoms with van der Waals surface area (Å²) in [7, 11) is 1.83. The largest absolute Gasteiger partial charge is 0.392 e. The summed E-state index contributed by atoms with van der Waals surface area (Å²) >= 11 is 0. The zero-order valence-corrected chi connectivity index (χ0v) is 24.2. The number of methoxy groups -OCH3 is 1. The van der Waals surface area contributed by atoms with Gasteiger partial charge in [0.15, 0.2) is 0 Å². The number of hydrogen-bond donors (Lipinski definition) is 3. The van der Waals surface area contributed by atoms with Crippen molar-refractivity contribution in [2.45, 2.75) is 132 Å². The van der Waals surface area contributed by atoms with Crippen molar-refractivity contribution in [3.63, 3.8) is 0 Å². The number of hydrogen-bond acceptors (Lipinski definition) is 7. The van der Waals surface area contributed by atoms with Crippen LogP contribution in [0.1, 0.15) is 83.5 Å². The number of rotatable bonds is 8. The first-order valence-electron chi connectivity index (χ1n) is 16.4. The van der Waals surface area contributed by atoms with E-state index in [1.807, 2.05) is 7.11 Å². The van der Waals surface area contributed by atoms with Gasteiger partial charge in [-0.05, 0) is 70.1 Å². The summed E-state index contributed by atoms with van der Waals surface area (Å²) in [4.78, 5) is 0. The third kappa shape index (κ3) is 6.69. The second-order valence-electron chi connectivity index (χ2n) is 13.7. The molecule has 0 aromatic carbocycles. The number of aliphatic hydroxyl groups is 1. The van der Waals surface area contributed by atoms with Crippen molar-refractivity contribution in [2.24, 2.45) is 35.3 Å². The molecule has 39 heavy (non-hydrogen) atoms. The monoisotopic (exact) mass is 551 g/mol. The second kappa shape index (κ2) is 13.3. The van der Waals surface area contributed by atoms with Crippen LogP contribution in [0.5, 0.6) is 0 Å². The van der Waals surface area contributed by atoms with Crippen LogP contribution in [-0.2, 0) is 23.7 Å². The minimum absolute atomic E-state index is 0.0306. The Balaban J connectivity index is 1.13. The van der Waals surface area contributed by atoms with Crippen LogP contribution in [0.25, 0.3) is 0 Å². The molecule has 12 atom stereocenters. The van der Waals surface area contributed by atoms with Gasteiger partial charge in [-0.1, -0.05) is 12.8 Å². The van der Waals surface area contributed by atoms with Crippen molar-refractivity contribution in [3.8, 4) is 0 Å². The number of piperidine rings is 1. The van der Waals surface area contributed by atoms with E-state index in [1.165, 1.54) is 32.1 Å². The topological polar surface area (TPSA) is 109 Å². The molecular weight excluding hydrogens is 496 g/mol. The van der Waals surface area contributed by atoms with E-state index in [9.17, 15) is 5.11 Å². The third-order valence-corrected chi connectivity index (χ3v) is 11.4. The Morgan fingerprint density at radius 1 is 0.795 bits per heavy atom. The number of nitrogens with two attached hydrogens (primary N) is 2. The summed E-state index contributed by atoms with van der Waals surface area (Å²) in [6.45, 7) is 3.12. The van der Waals surface area contributed by atoms with Crippen molar-refractivity contribution >= 4 is 0 Å².